The van der Waals surface area contributed by atoms with Gasteiger partial charge in [0.05, 0.1) is 33.8 Å². The number of aromatic nitrogens is 1. The summed E-state index contributed by atoms with van der Waals surface area (Å²) in [6.07, 6.45) is 2.62. The highest BCUT2D eigenvalue weighted by Crippen LogP contribution is 2.41. The maximum Gasteiger partial charge on any atom is 0.267 e. The average Bonchev–Trinajstić information content (AvgIpc) is 3.65. The van der Waals surface area contributed by atoms with Gasteiger partial charge in [-0.05, 0) is 91.8 Å². The number of aryl methyl sites for hydroxylation is 2. The molecule has 0 bridgehead atoms. The number of carbonyl (C=O) groups excluding carboxylic acids is 8. The van der Waals surface area contributed by atoms with Crippen LogP contribution in [-0.4, -0.2) is 136 Å². The predicted molar refractivity (Wildman–Crippen MR) is 287 cm³/mol. The largest absolute Gasteiger partial charge is 0.507 e. The number of ether oxygens (including phenoxy) is 1. The number of alkyl halides is 1. The maximum atomic E-state index is 14.7. The van der Waals surface area contributed by atoms with Crippen LogP contribution < -0.4 is 37.1 Å². The van der Waals surface area contributed by atoms with Crippen molar-refractivity contribution in [1.82, 2.24) is 41.4 Å². The van der Waals surface area contributed by atoms with Crippen LogP contribution in [0, 0.1) is 12.3 Å². The summed E-state index contributed by atoms with van der Waals surface area (Å²) in [7, 11) is 1.50. The maximum absolute atomic E-state index is 14.7. The molecule has 1 saturated carbocycles. The number of amides is 7. The highest BCUT2D eigenvalue weighted by molar-refractivity contribution is 7.13. The number of rotatable bonds is 23. The summed E-state index contributed by atoms with van der Waals surface area (Å²) in [5.41, 5.74) is 8.69. The lowest BCUT2D eigenvalue weighted by atomic mass is 9.85. The zero-order chi connectivity index (χ0) is 56.5. The van der Waals surface area contributed by atoms with E-state index in [1.807, 2.05) is 37.3 Å². The zero-order valence-electron chi connectivity index (χ0n) is 44.4. The van der Waals surface area contributed by atoms with Crippen LogP contribution in [-0.2, 0) is 41.7 Å². The number of nitrogens with zero attached hydrogens (tertiary/aromatic N) is 3. The SMILES string of the molecule is Cc1ncsc1-c1ccc(CNC(=O)[C@@H]2C[C@@H](O)CN2C(=O)[C@@H](NC(=O)C2(F)CC2)C(C)(C)C)c(OCC(=O)NCCCCC(=O)NCCN(C)C(=O)c2ccc(C(=O)C=C(N)C(=O)N[C@@H]3CCc4ccccc43)cc2O)c1. The predicted octanol–water partition coefficient (Wildman–Crippen LogP) is 3.82. The zero-order valence-corrected chi connectivity index (χ0v) is 45.2. The first-order valence-corrected chi connectivity index (χ1v) is 26.8. The molecule has 2 heterocycles. The number of carbonyl (C=O) groups is 8. The van der Waals surface area contributed by atoms with Gasteiger partial charge in [-0.25, -0.2) is 9.37 Å². The number of halogens is 1. The molecule has 1 aliphatic heterocycles. The minimum Gasteiger partial charge on any atom is -0.507 e. The number of thiazole rings is 1. The average molecular weight is 1090 g/mol. The van der Waals surface area contributed by atoms with Gasteiger partial charge in [0, 0.05) is 69.8 Å². The molecule has 1 aromatic heterocycles. The van der Waals surface area contributed by atoms with Gasteiger partial charge in [0.15, 0.2) is 18.1 Å². The molecule has 22 heteroatoms. The van der Waals surface area contributed by atoms with Crippen molar-refractivity contribution in [2.24, 2.45) is 11.1 Å². The molecule has 4 atom stereocenters. The van der Waals surface area contributed by atoms with E-state index in [2.05, 4.69) is 31.6 Å². The number of hydrogen-bond acceptors (Lipinski definition) is 14. The number of aliphatic hydroxyl groups is 1. The Morgan fingerprint density at radius 2 is 1.73 bits per heavy atom. The number of phenolic OH excluding ortho intramolecular Hbond substituents is 1. The summed E-state index contributed by atoms with van der Waals surface area (Å²) in [5, 5.41) is 35.1. The minimum absolute atomic E-state index is 0.0185. The molecule has 2 aliphatic carbocycles. The molecule has 2 fully saturated rings. The Labute approximate surface area is 455 Å². The first-order chi connectivity index (χ1) is 37.0. The fourth-order valence-electron chi connectivity index (χ4n) is 9.27. The number of benzene rings is 3. The second-order valence-corrected chi connectivity index (χ2v) is 21.9. The Hall–Kier alpha value is -7.72. The van der Waals surface area contributed by atoms with Gasteiger partial charge in [-0.2, -0.15) is 0 Å². The van der Waals surface area contributed by atoms with E-state index in [9.17, 15) is 53.0 Å². The number of β-amino-alcohol motifs (C(OH)–C–C–N with tert-alkyl or cyclic N) is 1. The standard InChI is InChI=1S/C56H68FN9O11S/c1-32-48(78-31-62-32)35-13-14-36(28-61-51(73)42-26-37(67)29-66(42)53(75)49(55(2,3)4)64-54(76)56(57)19-20-56)45(25-35)77-30-47(71)59-21-9-8-12-46(70)60-22-23-65(5)52(74)39-17-15-34(24-44(39)69)43(68)27-40(58)50(72)63-41-18-16-33-10-6-7-11-38(33)41/h6-7,10-11,13-15,17,24-25,27,31,37,41-42,49,67,69H,8-9,12,16,18-23,26,28-30,58H2,1-5H3,(H,59,71)(H,60,70)(H,61,73)(H,63,72)(H,64,76)/t37-,41-,42+,49-/m1/s1. The summed E-state index contributed by atoms with van der Waals surface area (Å²) < 4.78 is 20.7. The molecule has 9 N–H and O–H groups in total. The minimum atomic E-state index is -2.02. The summed E-state index contributed by atoms with van der Waals surface area (Å²) in [4.78, 5) is 113. The molecule has 0 spiro atoms. The van der Waals surface area contributed by atoms with Gasteiger partial charge in [0.1, 0.15) is 29.3 Å². The van der Waals surface area contributed by atoms with E-state index >= 15 is 0 Å². The second-order valence-electron chi connectivity index (χ2n) is 21.1. The van der Waals surface area contributed by atoms with E-state index < -0.39 is 76.2 Å². The molecule has 4 aromatic rings. The number of likely N-dealkylation sites (tertiary alicyclic amines) is 1. The van der Waals surface area contributed by atoms with Gasteiger partial charge >= 0.3 is 0 Å². The van der Waals surface area contributed by atoms with Crippen LogP contribution in [0.1, 0.15) is 115 Å². The van der Waals surface area contributed by atoms with E-state index in [-0.39, 0.29) is 93.8 Å². The van der Waals surface area contributed by atoms with Crippen molar-refractivity contribution < 1.29 is 57.7 Å². The number of fused-ring (bicyclic) bond motifs is 1. The second kappa shape index (κ2) is 25.2. The van der Waals surface area contributed by atoms with Gasteiger partial charge in [0.25, 0.3) is 23.6 Å². The third kappa shape index (κ3) is 14.6. The summed E-state index contributed by atoms with van der Waals surface area (Å²) in [6, 6.07) is 14.4. The topological polar surface area (TPSA) is 292 Å². The van der Waals surface area contributed by atoms with Crippen molar-refractivity contribution in [2.75, 3.05) is 39.8 Å². The molecular formula is C56H68FN9O11S. The van der Waals surface area contributed by atoms with E-state index in [0.717, 1.165) is 45.8 Å². The van der Waals surface area contributed by atoms with Crippen molar-refractivity contribution in [3.63, 3.8) is 0 Å². The monoisotopic (exact) mass is 1090 g/mol. The lowest BCUT2D eigenvalue weighted by molar-refractivity contribution is -0.145. The van der Waals surface area contributed by atoms with E-state index in [0.29, 0.717) is 30.6 Å². The fourth-order valence-corrected chi connectivity index (χ4v) is 10.1. The van der Waals surface area contributed by atoms with Gasteiger partial charge in [0.2, 0.25) is 17.7 Å². The number of aliphatic hydroxyl groups excluding tert-OH is 1. The van der Waals surface area contributed by atoms with Crippen LogP contribution in [0.3, 0.4) is 0 Å². The number of likely N-dealkylation sites (N-methyl/N-ethyl adjacent to an activating group) is 1. The summed E-state index contributed by atoms with van der Waals surface area (Å²) >= 11 is 1.42. The van der Waals surface area contributed by atoms with Crippen molar-refractivity contribution >= 4 is 58.5 Å². The number of allylic oxidation sites excluding steroid dienone is 1. The molecule has 3 aliphatic rings. The molecule has 1 saturated heterocycles. The number of ketones is 1. The molecule has 416 valence electrons. The number of hydrogen-bond donors (Lipinski definition) is 8. The Kier molecular flexibility index (Phi) is 18.7. The van der Waals surface area contributed by atoms with E-state index in [1.165, 1.54) is 40.3 Å². The van der Waals surface area contributed by atoms with E-state index in [4.69, 9.17) is 10.5 Å². The Balaban J connectivity index is 0.828. The van der Waals surface area contributed by atoms with Crippen LogP contribution in [0.25, 0.3) is 10.4 Å². The number of nitrogens with one attached hydrogen (secondary N) is 5. The molecule has 0 unspecified atom stereocenters. The van der Waals surface area contributed by atoms with Crippen LogP contribution in [0.5, 0.6) is 11.5 Å². The third-order valence-corrected chi connectivity index (χ3v) is 15.0. The number of nitrogens with two attached hydrogens (primary N) is 1. The third-order valence-electron chi connectivity index (χ3n) is 14.0. The quantitative estimate of drug-likeness (QED) is 0.0298. The van der Waals surface area contributed by atoms with Gasteiger partial charge in [-0.3, -0.25) is 38.4 Å². The van der Waals surface area contributed by atoms with Gasteiger partial charge < -0.3 is 57.1 Å². The van der Waals surface area contributed by atoms with Crippen LogP contribution in [0.4, 0.5) is 4.39 Å². The van der Waals surface area contributed by atoms with Crippen LogP contribution >= 0.6 is 11.3 Å². The first kappa shape index (κ1) is 58.0. The smallest absolute Gasteiger partial charge is 0.267 e. The van der Waals surface area contributed by atoms with Gasteiger partial charge in [-0.1, -0.05) is 57.2 Å². The highest BCUT2D eigenvalue weighted by atomic mass is 32.1. The number of phenols is 1. The summed E-state index contributed by atoms with van der Waals surface area (Å²) in [5.74, 6) is -4.67. The van der Waals surface area contributed by atoms with Crippen molar-refractivity contribution in [3.8, 4) is 21.9 Å². The lowest BCUT2D eigenvalue weighted by Gasteiger charge is -2.35. The Bertz CT molecular complexity index is 2970. The van der Waals surface area contributed by atoms with Crippen molar-refractivity contribution in [1.29, 1.82) is 0 Å². The highest BCUT2D eigenvalue weighted by Gasteiger charge is 2.53. The first-order valence-electron chi connectivity index (χ1n) is 26.0. The molecule has 7 amide bonds. The molecular weight excluding hydrogens is 1030 g/mol. The lowest BCUT2D eigenvalue weighted by Crippen LogP contribution is -2.59. The number of unbranched alkanes of at least 4 members (excludes halogenated alkanes) is 1. The normalized spacial score (nSPS) is 17.8. The van der Waals surface area contributed by atoms with Gasteiger partial charge in [-0.15, -0.1) is 11.3 Å². The molecule has 7 rings (SSSR count). The molecule has 3 aromatic carbocycles. The van der Waals surface area contributed by atoms with Crippen LogP contribution in [0.2, 0.25) is 0 Å². The molecule has 78 heavy (non-hydrogen) atoms. The van der Waals surface area contributed by atoms with Crippen molar-refractivity contribution in [3.05, 3.63) is 111 Å². The Morgan fingerprint density at radius 1 is 0.987 bits per heavy atom. The summed E-state index contributed by atoms with van der Waals surface area (Å²) in [6.45, 7) is 6.89. The molecule has 20 nitrogen and oxygen atoms in total. The fraction of sp³-hybridized carbons (Fsp3) is 0.446. The van der Waals surface area contributed by atoms with Crippen LogP contribution in [0.15, 0.2) is 77.9 Å². The van der Waals surface area contributed by atoms with E-state index in [1.54, 1.807) is 38.4 Å². The molecule has 0 radical (unpaired) electrons. The van der Waals surface area contributed by atoms with Crippen molar-refractivity contribution in [2.45, 2.75) is 116 Å². The Morgan fingerprint density at radius 3 is 2.44 bits per heavy atom. The number of aromatic hydroxyl groups is 1.